The summed E-state index contributed by atoms with van der Waals surface area (Å²) >= 11 is 0. The van der Waals surface area contributed by atoms with Crippen molar-refractivity contribution in [1.29, 1.82) is 0 Å². The number of piperidine rings is 1. The molecule has 0 aliphatic carbocycles. The summed E-state index contributed by atoms with van der Waals surface area (Å²) in [5.41, 5.74) is 1.33. The minimum atomic E-state index is 0.215. The minimum Gasteiger partial charge on any atom is -0.356 e. The summed E-state index contributed by atoms with van der Waals surface area (Å²) in [6, 6.07) is 10.5. The van der Waals surface area contributed by atoms with E-state index >= 15 is 0 Å². The smallest absolute Gasteiger partial charge is 0.220 e. The summed E-state index contributed by atoms with van der Waals surface area (Å²) in [5, 5.41) is 6.48. The normalized spacial score (nSPS) is 17.0. The van der Waals surface area contributed by atoms with Gasteiger partial charge in [-0.05, 0) is 63.3 Å². The van der Waals surface area contributed by atoms with Crippen molar-refractivity contribution < 1.29 is 4.79 Å². The molecule has 134 valence electrons. The van der Waals surface area contributed by atoms with Gasteiger partial charge in [0.25, 0.3) is 0 Å². The van der Waals surface area contributed by atoms with Crippen molar-refractivity contribution in [2.24, 2.45) is 11.8 Å². The van der Waals surface area contributed by atoms with Crippen LogP contribution in [0.15, 0.2) is 30.3 Å². The van der Waals surface area contributed by atoms with Gasteiger partial charge < -0.3 is 15.5 Å². The van der Waals surface area contributed by atoms with Gasteiger partial charge in [0.15, 0.2) is 0 Å². The van der Waals surface area contributed by atoms with E-state index in [4.69, 9.17) is 0 Å². The molecule has 2 rings (SSSR count). The Kier molecular flexibility index (Phi) is 8.26. The van der Waals surface area contributed by atoms with E-state index in [1.807, 2.05) is 6.07 Å². The number of carbonyl (C=O) groups excluding carboxylic acids is 1. The Balaban J connectivity index is 1.55. The number of nitrogens with one attached hydrogen (secondary N) is 2. The maximum atomic E-state index is 12.1. The summed E-state index contributed by atoms with van der Waals surface area (Å²) in [6.45, 7) is 7.16. The van der Waals surface area contributed by atoms with E-state index in [1.165, 1.54) is 18.4 Å². The predicted molar refractivity (Wildman–Crippen MR) is 99.8 cm³/mol. The summed E-state index contributed by atoms with van der Waals surface area (Å²) in [7, 11) is 2.13. The lowest BCUT2D eigenvalue weighted by Gasteiger charge is -2.27. The molecule has 1 aromatic carbocycles. The molecule has 0 spiro atoms. The molecule has 24 heavy (non-hydrogen) atoms. The van der Waals surface area contributed by atoms with Crippen LogP contribution in [0, 0.1) is 11.8 Å². The number of rotatable bonds is 9. The Morgan fingerprint density at radius 1 is 1.29 bits per heavy atom. The van der Waals surface area contributed by atoms with Crippen LogP contribution < -0.4 is 10.6 Å². The van der Waals surface area contributed by atoms with Crippen molar-refractivity contribution in [2.75, 3.05) is 33.2 Å². The molecule has 1 fully saturated rings. The monoisotopic (exact) mass is 331 g/mol. The second kappa shape index (κ2) is 10.5. The van der Waals surface area contributed by atoms with Gasteiger partial charge >= 0.3 is 0 Å². The van der Waals surface area contributed by atoms with Gasteiger partial charge in [-0.3, -0.25) is 4.79 Å². The van der Waals surface area contributed by atoms with E-state index < -0.39 is 0 Å². The molecule has 0 bridgehead atoms. The second-order valence-corrected chi connectivity index (χ2v) is 7.20. The molecule has 1 atom stereocenters. The molecule has 1 amide bonds. The number of benzene rings is 1. The second-order valence-electron chi connectivity index (χ2n) is 7.20. The molecule has 1 unspecified atom stereocenters. The number of amides is 1. The quantitative estimate of drug-likeness (QED) is 0.684. The first kappa shape index (κ1) is 18.9. The SMILES string of the molecule is CC(CC(=O)NCCCN(C)Cc1ccccc1)C1CCNCC1. The topological polar surface area (TPSA) is 44.4 Å². The van der Waals surface area contributed by atoms with Gasteiger partial charge in [-0.2, -0.15) is 0 Å². The minimum absolute atomic E-state index is 0.215. The first-order valence-corrected chi connectivity index (χ1v) is 9.35. The Morgan fingerprint density at radius 3 is 2.71 bits per heavy atom. The molecule has 1 aromatic rings. The van der Waals surface area contributed by atoms with Crippen LogP contribution in [-0.2, 0) is 11.3 Å². The van der Waals surface area contributed by atoms with Crippen molar-refractivity contribution in [3.63, 3.8) is 0 Å². The fourth-order valence-electron chi connectivity index (χ4n) is 3.50. The van der Waals surface area contributed by atoms with Gasteiger partial charge in [-0.15, -0.1) is 0 Å². The van der Waals surface area contributed by atoms with Gasteiger partial charge in [0.2, 0.25) is 5.91 Å². The molecule has 4 heteroatoms. The van der Waals surface area contributed by atoms with Crippen LogP contribution in [0.3, 0.4) is 0 Å². The number of hydrogen-bond donors (Lipinski definition) is 2. The standard InChI is InChI=1S/C20H33N3O/c1-17(19-9-12-21-13-10-19)15-20(24)22-11-6-14-23(2)16-18-7-4-3-5-8-18/h3-5,7-8,17,19,21H,6,9-16H2,1-2H3,(H,22,24). The largest absolute Gasteiger partial charge is 0.356 e. The molecule has 1 saturated heterocycles. The van der Waals surface area contributed by atoms with Gasteiger partial charge in [-0.25, -0.2) is 0 Å². The zero-order valence-electron chi connectivity index (χ0n) is 15.3. The maximum Gasteiger partial charge on any atom is 0.220 e. The summed E-state index contributed by atoms with van der Waals surface area (Å²) < 4.78 is 0. The lowest BCUT2D eigenvalue weighted by molar-refractivity contribution is -0.122. The van der Waals surface area contributed by atoms with Crippen molar-refractivity contribution in [2.45, 2.75) is 39.2 Å². The highest BCUT2D eigenvalue weighted by atomic mass is 16.1. The molecule has 0 radical (unpaired) electrons. The summed E-state index contributed by atoms with van der Waals surface area (Å²) in [6.07, 6.45) is 4.08. The third-order valence-corrected chi connectivity index (χ3v) is 5.03. The van der Waals surface area contributed by atoms with Crippen LogP contribution in [0.5, 0.6) is 0 Å². The highest BCUT2D eigenvalue weighted by Crippen LogP contribution is 2.24. The molecule has 0 aromatic heterocycles. The molecular weight excluding hydrogens is 298 g/mol. The van der Waals surface area contributed by atoms with Crippen LogP contribution in [0.25, 0.3) is 0 Å². The zero-order chi connectivity index (χ0) is 17.2. The molecule has 1 aliphatic heterocycles. The molecule has 0 saturated carbocycles. The Labute approximate surface area is 147 Å². The fourth-order valence-corrected chi connectivity index (χ4v) is 3.50. The molecule has 4 nitrogen and oxygen atoms in total. The fraction of sp³-hybridized carbons (Fsp3) is 0.650. The molecule has 1 aliphatic rings. The highest BCUT2D eigenvalue weighted by molar-refractivity contribution is 5.76. The van der Waals surface area contributed by atoms with Crippen LogP contribution in [-0.4, -0.2) is 44.0 Å². The van der Waals surface area contributed by atoms with Gasteiger partial charge in [0.05, 0.1) is 0 Å². The Morgan fingerprint density at radius 2 is 2.00 bits per heavy atom. The Bertz CT molecular complexity index is 471. The molecular formula is C20H33N3O. The van der Waals surface area contributed by atoms with E-state index in [1.54, 1.807) is 0 Å². The zero-order valence-corrected chi connectivity index (χ0v) is 15.3. The maximum absolute atomic E-state index is 12.1. The lowest BCUT2D eigenvalue weighted by atomic mass is 9.84. The Hall–Kier alpha value is -1.39. The number of nitrogens with zero attached hydrogens (tertiary/aromatic N) is 1. The average molecular weight is 332 g/mol. The van der Waals surface area contributed by atoms with Crippen LogP contribution in [0.2, 0.25) is 0 Å². The van der Waals surface area contributed by atoms with E-state index in [9.17, 15) is 4.79 Å². The number of carbonyl (C=O) groups is 1. The van der Waals surface area contributed by atoms with Gasteiger partial charge in [0, 0.05) is 19.5 Å². The summed E-state index contributed by atoms with van der Waals surface area (Å²) in [4.78, 5) is 14.4. The third-order valence-electron chi connectivity index (χ3n) is 5.03. The van der Waals surface area contributed by atoms with E-state index in [0.29, 0.717) is 18.3 Å². The lowest BCUT2D eigenvalue weighted by Crippen LogP contribution is -2.34. The summed E-state index contributed by atoms with van der Waals surface area (Å²) in [5.74, 6) is 1.41. The van der Waals surface area contributed by atoms with E-state index in [-0.39, 0.29) is 5.91 Å². The average Bonchev–Trinajstić information content (AvgIpc) is 2.60. The predicted octanol–water partition coefficient (Wildman–Crippen LogP) is 2.65. The van der Waals surface area contributed by atoms with Crippen molar-refractivity contribution in [1.82, 2.24) is 15.5 Å². The van der Waals surface area contributed by atoms with Gasteiger partial charge in [0.1, 0.15) is 0 Å². The third kappa shape index (κ3) is 7.02. The van der Waals surface area contributed by atoms with E-state index in [2.05, 4.69) is 53.8 Å². The van der Waals surface area contributed by atoms with E-state index in [0.717, 1.165) is 39.1 Å². The van der Waals surface area contributed by atoms with Crippen molar-refractivity contribution in [3.05, 3.63) is 35.9 Å². The first-order chi connectivity index (χ1) is 11.6. The first-order valence-electron chi connectivity index (χ1n) is 9.35. The molecule has 1 heterocycles. The number of hydrogen-bond acceptors (Lipinski definition) is 3. The van der Waals surface area contributed by atoms with Crippen LogP contribution in [0.1, 0.15) is 38.2 Å². The highest BCUT2D eigenvalue weighted by Gasteiger charge is 2.21. The van der Waals surface area contributed by atoms with Crippen molar-refractivity contribution >= 4 is 5.91 Å². The van der Waals surface area contributed by atoms with Crippen LogP contribution >= 0.6 is 0 Å². The van der Waals surface area contributed by atoms with Crippen LogP contribution in [0.4, 0.5) is 0 Å². The van der Waals surface area contributed by atoms with Gasteiger partial charge in [-0.1, -0.05) is 37.3 Å². The van der Waals surface area contributed by atoms with Crippen molar-refractivity contribution in [3.8, 4) is 0 Å². The molecule has 2 N–H and O–H groups in total.